The van der Waals surface area contributed by atoms with Gasteiger partial charge < -0.3 is 5.32 Å². The highest BCUT2D eigenvalue weighted by Gasteiger charge is 2.42. The minimum Gasteiger partial charge on any atom is -0.321 e. The van der Waals surface area contributed by atoms with Crippen LogP contribution in [0, 0.1) is 0 Å². The van der Waals surface area contributed by atoms with E-state index in [1.54, 1.807) is 12.1 Å². The van der Waals surface area contributed by atoms with Gasteiger partial charge in [0.25, 0.3) is 5.91 Å². The van der Waals surface area contributed by atoms with E-state index < -0.39 is 5.41 Å². The highest BCUT2D eigenvalue weighted by atomic mass is 79.9. The first-order valence-electron chi connectivity index (χ1n) is 9.28. The number of amides is 3. The van der Waals surface area contributed by atoms with Crippen LogP contribution in [0.4, 0.5) is 5.69 Å². The lowest BCUT2D eigenvalue weighted by molar-refractivity contribution is -0.138. The average Bonchev–Trinajstić information content (AvgIpc) is 3.05. The number of nitrogens with one attached hydrogen (secondary N) is 3. The Hall–Kier alpha value is -2.48. The lowest BCUT2D eigenvalue weighted by Crippen LogP contribution is -2.51. The SMILES string of the molecule is CCC1(c2ccc(NC(=O)c3n[nH]c(C(C)C)c3Br)cc2)CCC(=O)NC1=O. The Balaban J connectivity index is 1.78. The van der Waals surface area contributed by atoms with Crippen LogP contribution in [-0.4, -0.2) is 27.9 Å². The molecular weight excluding hydrogens is 424 g/mol. The van der Waals surface area contributed by atoms with Gasteiger partial charge in [-0.2, -0.15) is 5.10 Å². The van der Waals surface area contributed by atoms with Crippen molar-refractivity contribution in [3.05, 3.63) is 45.7 Å². The van der Waals surface area contributed by atoms with Crippen LogP contribution in [0.15, 0.2) is 28.7 Å². The Labute approximate surface area is 171 Å². The molecule has 1 fully saturated rings. The highest BCUT2D eigenvalue weighted by molar-refractivity contribution is 9.10. The molecule has 8 heteroatoms. The summed E-state index contributed by atoms with van der Waals surface area (Å²) in [6, 6.07) is 7.18. The summed E-state index contributed by atoms with van der Waals surface area (Å²) in [5.41, 5.74) is 1.88. The van der Waals surface area contributed by atoms with E-state index in [4.69, 9.17) is 0 Å². The smallest absolute Gasteiger partial charge is 0.277 e. The molecule has 0 bridgehead atoms. The number of rotatable bonds is 5. The number of H-pyrrole nitrogens is 1. The molecule has 1 aliphatic heterocycles. The number of aromatic amines is 1. The first kappa shape index (κ1) is 20.3. The molecule has 1 saturated heterocycles. The van der Waals surface area contributed by atoms with Gasteiger partial charge in [0.1, 0.15) is 0 Å². The van der Waals surface area contributed by atoms with E-state index in [2.05, 4.69) is 36.8 Å². The maximum absolute atomic E-state index is 12.5. The van der Waals surface area contributed by atoms with E-state index in [1.165, 1.54) is 0 Å². The average molecular weight is 447 g/mol. The van der Waals surface area contributed by atoms with Crippen LogP contribution < -0.4 is 10.6 Å². The Morgan fingerprint density at radius 3 is 2.50 bits per heavy atom. The molecule has 2 heterocycles. The summed E-state index contributed by atoms with van der Waals surface area (Å²) in [5.74, 6) is -0.608. The molecule has 0 spiro atoms. The molecule has 1 atom stereocenters. The third-order valence-corrected chi connectivity index (χ3v) is 6.09. The number of anilines is 1. The van der Waals surface area contributed by atoms with E-state index in [0.29, 0.717) is 35.1 Å². The van der Waals surface area contributed by atoms with Gasteiger partial charge in [-0.25, -0.2) is 0 Å². The van der Waals surface area contributed by atoms with E-state index in [9.17, 15) is 14.4 Å². The molecule has 3 amide bonds. The zero-order chi connectivity index (χ0) is 20.5. The largest absolute Gasteiger partial charge is 0.321 e. The standard InChI is InChI=1S/C20H23BrN4O3/c1-4-20(10-9-14(26)23-19(20)28)12-5-7-13(8-6-12)22-18(27)17-15(21)16(11(2)3)24-25-17/h5-8,11H,4,9-10H2,1-3H3,(H,22,27)(H,24,25)(H,23,26,28). The van der Waals surface area contributed by atoms with Gasteiger partial charge in [0.15, 0.2) is 5.69 Å². The molecule has 7 nitrogen and oxygen atoms in total. The van der Waals surface area contributed by atoms with Gasteiger partial charge in [-0.05, 0) is 52.4 Å². The molecule has 0 saturated carbocycles. The number of hydrogen-bond acceptors (Lipinski definition) is 4. The van der Waals surface area contributed by atoms with Crippen molar-refractivity contribution >= 4 is 39.3 Å². The van der Waals surface area contributed by atoms with Crippen molar-refractivity contribution in [1.29, 1.82) is 0 Å². The number of carbonyl (C=O) groups excluding carboxylic acids is 3. The second-order valence-electron chi connectivity index (χ2n) is 7.30. The minimum atomic E-state index is -0.714. The van der Waals surface area contributed by atoms with Crippen molar-refractivity contribution < 1.29 is 14.4 Å². The fourth-order valence-electron chi connectivity index (χ4n) is 3.50. The van der Waals surface area contributed by atoms with Crippen LogP contribution in [0.25, 0.3) is 0 Å². The predicted octanol–water partition coefficient (Wildman–Crippen LogP) is 3.63. The van der Waals surface area contributed by atoms with Gasteiger partial charge in [-0.3, -0.25) is 24.8 Å². The Kier molecular flexibility index (Phi) is 5.69. The second-order valence-corrected chi connectivity index (χ2v) is 8.09. The van der Waals surface area contributed by atoms with Crippen molar-refractivity contribution in [3.63, 3.8) is 0 Å². The van der Waals surface area contributed by atoms with Crippen LogP contribution in [0.1, 0.15) is 67.7 Å². The summed E-state index contributed by atoms with van der Waals surface area (Å²) in [6.07, 6.45) is 1.40. The number of carbonyl (C=O) groups is 3. The molecule has 28 heavy (non-hydrogen) atoms. The fourth-order valence-corrected chi connectivity index (χ4v) is 4.32. The maximum Gasteiger partial charge on any atom is 0.277 e. The van der Waals surface area contributed by atoms with Crippen molar-refractivity contribution in [2.24, 2.45) is 0 Å². The number of piperidine rings is 1. The Morgan fingerprint density at radius 1 is 1.29 bits per heavy atom. The molecule has 3 rings (SSSR count). The van der Waals surface area contributed by atoms with E-state index in [1.807, 2.05) is 32.9 Å². The second kappa shape index (κ2) is 7.87. The third-order valence-electron chi connectivity index (χ3n) is 5.29. The summed E-state index contributed by atoms with van der Waals surface area (Å²) >= 11 is 3.43. The molecule has 1 aliphatic rings. The van der Waals surface area contributed by atoms with Gasteiger partial charge in [0, 0.05) is 12.1 Å². The Morgan fingerprint density at radius 2 is 1.96 bits per heavy atom. The monoisotopic (exact) mass is 446 g/mol. The molecule has 1 aromatic heterocycles. The number of hydrogen-bond donors (Lipinski definition) is 3. The fraction of sp³-hybridized carbons (Fsp3) is 0.400. The lowest BCUT2D eigenvalue weighted by atomic mass is 9.72. The maximum atomic E-state index is 12.5. The number of nitrogens with zero attached hydrogens (tertiary/aromatic N) is 1. The zero-order valence-electron chi connectivity index (χ0n) is 16.1. The summed E-state index contributed by atoms with van der Waals surface area (Å²) in [7, 11) is 0. The molecule has 2 aromatic rings. The summed E-state index contributed by atoms with van der Waals surface area (Å²) < 4.78 is 0.657. The van der Waals surface area contributed by atoms with Gasteiger partial charge >= 0.3 is 0 Å². The minimum absolute atomic E-state index is 0.210. The predicted molar refractivity (Wildman–Crippen MR) is 109 cm³/mol. The van der Waals surface area contributed by atoms with Crippen molar-refractivity contribution in [2.75, 3.05) is 5.32 Å². The van der Waals surface area contributed by atoms with Gasteiger partial charge in [-0.1, -0.05) is 32.9 Å². The molecule has 1 unspecified atom stereocenters. The van der Waals surface area contributed by atoms with Gasteiger partial charge in [0.05, 0.1) is 15.6 Å². The molecule has 148 valence electrons. The Bertz CT molecular complexity index is 920. The van der Waals surface area contributed by atoms with Crippen LogP contribution in [-0.2, 0) is 15.0 Å². The molecular formula is C20H23BrN4O3. The number of benzene rings is 1. The van der Waals surface area contributed by atoms with Gasteiger partial charge in [-0.15, -0.1) is 0 Å². The molecule has 3 N–H and O–H groups in total. The quantitative estimate of drug-likeness (QED) is 0.609. The van der Waals surface area contributed by atoms with E-state index >= 15 is 0 Å². The van der Waals surface area contributed by atoms with E-state index in [-0.39, 0.29) is 23.6 Å². The van der Waals surface area contributed by atoms with Crippen LogP contribution in [0.5, 0.6) is 0 Å². The van der Waals surface area contributed by atoms with E-state index in [0.717, 1.165) is 11.3 Å². The number of aromatic nitrogens is 2. The number of halogens is 1. The van der Waals surface area contributed by atoms with Crippen LogP contribution >= 0.6 is 15.9 Å². The topological polar surface area (TPSA) is 104 Å². The van der Waals surface area contributed by atoms with Gasteiger partial charge in [0.2, 0.25) is 11.8 Å². The molecule has 1 aromatic carbocycles. The van der Waals surface area contributed by atoms with Crippen molar-refractivity contribution in [3.8, 4) is 0 Å². The first-order valence-corrected chi connectivity index (χ1v) is 10.1. The summed E-state index contributed by atoms with van der Waals surface area (Å²) in [4.78, 5) is 36.5. The molecule has 0 aliphatic carbocycles. The zero-order valence-corrected chi connectivity index (χ0v) is 17.6. The van der Waals surface area contributed by atoms with Crippen molar-refractivity contribution in [1.82, 2.24) is 15.5 Å². The first-order chi connectivity index (χ1) is 13.3. The highest BCUT2D eigenvalue weighted by Crippen LogP contribution is 2.36. The van der Waals surface area contributed by atoms with Crippen LogP contribution in [0.3, 0.4) is 0 Å². The third kappa shape index (κ3) is 3.61. The van der Waals surface area contributed by atoms with Crippen molar-refractivity contribution in [2.45, 2.75) is 51.4 Å². The number of imide groups is 1. The summed E-state index contributed by atoms with van der Waals surface area (Å²) in [5, 5.41) is 12.2. The molecule has 0 radical (unpaired) electrons. The normalized spacial score (nSPS) is 19.6. The lowest BCUT2D eigenvalue weighted by Gasteiger charge is -2.35. The van der Waals surface area contributed by atoms with Crippen LogP contribution in [0.2, 0.25) is 0 Å². The summed E-state index contributed by atoms with van der Waals surface area (Å²) in [6.45, 7) is 5.96.